The fourth-order valence-electron chi connectivity index (χ4n) is 3.57. The zero-order chi connectivity index (χ0) is 21.7. The Bertz CT molecular complexity index is 1080. The Morgan fingerprint density at radius 2 is 1.67 bits per heavy atom. The maximum absolute atomic E-state index is 13.1. The molecule has 1 aliphatic heterocycles. The highest BCUT2D eigenvalue weighted by molar-refractivity contribution is 5.99. The van der Waals surface area contributed by atoms with Crippen LogP contribution in [-0.2, 0) is 25.7 Å². The van der Waals surface area contributed by atoms with E-state index in [1.807, 2.05) is 30.3 Å². The topological polar surface area (TPSA) is 88.4 Å². The summed E-state index contributed by atoms with van der Waals surface area (Å²) in [6.07, 6.45) is 0. The lowest BCUT2D eigenvalue weighted by atomic mass is 9.80. The smallest absolute Gasteiger partial charge is 0.337 e. The number of nitriles is 1. The number of ether oxygens (including phenoxy) is 2. The predicted molar refractivity (Wildman–Crippen MR) is 111 cm³/mol. The Balaban J connectivity index is 2.03. The number of allylic oxidation sites excluding steroid dienone is 2. The molecule has 0 radical (unpaired) electrons. The van der Waals surface area contributed by atoms with Gasteiger partial charge in [0, 0.05) is 11.4 Å². The molecule has 3 rings (SSSR count). The third-order valence-electron chi connectivity index (χ3n) is 4.95. The van der Waals surface area contributed by atoms with Crippen LogP contribution in [0.15, 0.2) is 77.1 Å². The number of hydrogen-bond acceptors (Lipinski definition) is 6. The Hall–Kier alpha value is -3.85. The van der Waals surface area contributed by atoms with Gasteiger partial charge in [-0.15, -0.1) is 0 Å². The second-order valence-electron chi connectivity index (χ2n) is 6.93. The largest absolute Gasteiger partial charge is 0.466 e. The van der Waals surface area contributed by atoms with Crippen molar-refractivity contribution in [3.8, 4) is 6.07 Å². The molecule has 0 saturated heterocycles. The minimum atomic E-state index is -0.713. The molecule has 0 fully saturated rings. The van der Waals surface area contributed by atoms with Crippen LogP contribution in [0.4, 0.5) is 0 Å². The van der Waals surface area contributed by atoms with Crippen molar-refractivity contribution in [1.29, 1.82) is 5.26 Å². The van der Waals surface area contributed by atoms with E-state index in [9.17, 15) is 14.9 Å². The second-order valence-corrected chi connectivity index (χ2v) is 6.93. The number of rotatable bonds is 5. The molecule has 0 aromatic heterocycles. The molecule has 1 N–H and O–H groups in total. The first-order chi connectivity index (χ1) is 14.5. The number of dihydropyridines is 1. The van der Waals surface area contributed by atoms with Crippen molar-refractivity contribution in [3.63, 3.8) is 0 Å². The lowest BCUT2D eigenvalue weighted by molar-refractivity contribution is -0.140. The van der Waals surface area contributed by atoms with Crippen molar-refractivity contribution >= 4 is 11.9 Å². The molecular formula is C24H22N2O4. The van der Waals surface area contributed by atoms with Gasteiger partial charge in [-0.25, -0.2) is 9.59 Å². The molecular weight excluding hydrogens is 380 g/mol. The Morgan fingerprint density at radius 3 is 2.30 bits per heavy atom. The summed E-state index contributed by atoms with van der Waals surface area (Å²) in [7, 11) is 1.30. The molecule has 0 spiro atoms. The van der Waals surface area contributed by atoms with Crippen LogP contribution < -0.4 is 5.32 Å². The SMILES string of the molecule is COC(=O)C1=C(C)NC(C)=C(C(=O)OCc2ccccc2)C1c1cccc(C#N)c1. The molecule has 0 bridgehead atoms. The molecule has 1 aliphatic rings. The minimum absolute atomic E-state index is 0.109. The van der Waals surface area contributed by atoms with E-state index in [0.29, 0.717) is 33.7 Å². The Morgan fingerprint density at radius 1 is 1.00 bits per heavy atom. The van der Waals surface area contributed by atoms with E-state index in [4.69, 9.17) is 9.47 Å². The fraction of sp³-hybridized carbons (Fsp3) is 0.208. The monoisotopic (exact) mass is 402 g/mol. The van der Waals surface area contributed by atoms with Crippen molar-refractivity contribution in [2.45, 2.75) is 26.4 Å². The number of carbonyl (C=O) groups is 2. The van der Waals surface area contributed by atoms with Gasteiger partial charge < -0.3 is 14.8 Å². The number of methoxy groups -OCH3 is 1. The first-order valence-electron chi connectivity index (χ1n) is 9.44. The molecule has 2 aromatic rings. The summed E-state index contributed by atoms with van der Waals surface area (Å²) in [6.45, 7) is 3.62. The van der Waals surface area contributed by atoms with Crippen LogP contribution in [0.5, 0.6) is 0 Å². The van der Waals surface area contributed by atoms with Gasteiger partial charge in [0.2, 0.25) is 0 Å². The minimum Gasteiger partial charge on any atom is -0.466 e. The number of esters is 2. The fourth-order valence-corrected chi connectivity index (χ4v) is 3.57. The summed E-state index contributed by atoms with van der Waals surface area (Å²) in [6, 6.07) is 18.3. The van der Waals surface area contributed by atoms with Crippen LogP contribution in [0, 0.1) is 11.3 Å². The first kappa shape index (κ1) is 20.9. The zero-order valence-corrected chi connectivity index (χ0v) is 17.1. The van der Waals surface area contributed by atoms with Gasteiger partial charge in [-0.2, -0.15) is 5.26 Å². The summed E-state index contributed by atoms with van der Waals surface area (Å²) in [5.74, 6) is -1.80. The zero-order valence-electron chi connectivity index (χ0n) is 17.1. The number of carbonyl (C=O) groups excluding carboxylic acids is 2. The van der Waals surface area contributed by atoms with E-state index < -0.39 is 17.9 Å². The predicted octanol–water partition coefficient (Wildman–Crippen LogP) is 3.71. The molecule has 152 valence electrons. The van der Waals surface area contributed by atoms with Crippen molar-refractivity contribution in [2.24, 2.45) is 0 Å². The number of hydrogen-bond donors (Lipinski definition) is 1. The third-order valence-corrected chi connectivity index (χ3v) is 4.95. The maximum Gasteiger partial charge on any atom is 0.337 e. The van der Waals surface area contributed by atoms with Gasteiger partial charge in [0.25, 0.3) is 0 Å². The summed E-state index contributed by atoms with van der Waals surface area (Å²) in [5.41, 5.74) is 3.73. The average molecular weight is 402 g/mol. The van der Waals surface area contributed by atoms with Crippen LogP contribution in [0.1, 0.15) is 36.5 Å². The van der Waals surface area contributed by atoms with E-state index in [1.165, 1.54) is 7.11 Å². The van der Waals surface area contributed by atoms with Crippen LogP contribution >= 0.6 is 0 Å². The second kappa shape index (κ2) is 9.10. The van der Waals surface area contributed by atoms with Gasteiger partial charge in [-0.3, -0.25) is 0 Å². The molecule has 6 heteroatoms. The molecule has 6 nitrogen and oxygen atoms in total. The number of nitrogens with zero attached hydrogens (tertiary/aromatic N) is 1. The van der Waals surface area contributed by atoms with E-state index in [2.05, 4.69) is 11.4 Å². The molecule has 0 amide bonds. The molecule has 0 saturated carbocycles. The first-order valence-corrected chi connectivity index (χ1v) is 9.44. The van der Waals surface area contributed by atoms with Crippen molar-refractivity contribution in [1.82, 2.24) is 5.32 Å². The van der Waals surface area contributed by atoms with E-state index in [0.717, 1.165) is 5.56 Å². The van der Waals surface area contributed by atoms with Gasteiger partial charge in [0.15, 0.2) is 0 Å². The molecule has 1 heterocycles. The molecule has 1 unspecified atom stereocenters. The van der Waals surface area contributed by atoms with Crippen LogP contribution in [0.3, 0.4) is 0 Å². The number of benzene rings is 2. The van der Waals surface area contributed by atoms with Crippen LogP contribution in [0.25, 0.3) is 0 Å². The van der Waals surface area contributed by atoms with E-state index in [1.54, 1.807) is 38.1 Å². The van der Waals surface area contributed by atoms with Crippen molar-refractivity contribution < 1.29 is 19.1 Å². The average Bonchev–Trinajstić information content (AvgIpc) is 2.77. The van der Waals surface area contributed by atoms with Crippen LogP contribution in [-0.4, -0.2) is 19.0 Å². The van der Waals surface area contributed by atoms with Crippen molar-refractivity contribution in [3.05, 3.63) is 93.8 Å². The lowest BCUT2D eigenvalue weighted by Gasteiger charge is -2.30. The quantitative estimate of drug-likeness (QED) is 0.767. The van der Waals surface area contributed by atoms with Gasteiger partial charge >= 0.3 is 11.9 Å². The van der Waals surface area contributed by atoms with Gasteiger partial charge in [-0.1, -0.05) is 42.5 Å². The maximum atomic E-state index is 13.1. The van der Waals surface area contributed by atoms with Gasteiger partial charge in [0.1, 0.15) is 6.61 Å². The molecule has 1 atom stereocenters. The summed E-state index contributed by atoms with van der Waals surface area (Å²) >= 11 is 0. The third kappa shape index (κ3) is 4.26. The lowest BCUT2D eigenvalue weighted by Crippen LogP contribution is -2.32. The highest BCUT2D eigenvalue weighted by atomic mass is 16.5. The summed E-state index contributed by atoms with van der Waals surface area (Å²) in [5, 5.41) is 12.4. The highest BCUT2D eigenvalue weighted by Gasteiger charge is 2.37. The van der Waals surface area contributed by atoms with Gasteiger partial charge in [-0.05, 0) is 37.1 Å². The van der Waals surface area contributed by atoms with Crippen molar-refractivity contribution in [2.75, 3.05) is 7.11 Å². The summed E-state index contributed by atoms with van der Waals surface area (Å²) < 4.78 is 10.6. The highest BCUT2D eigenvalue weighted by Crippen LogP contribution is 2.39. The van der Waals surface area contributed by atoms with E-state index >= 15 is 0 Å². The van der Waals surface area contributed by atoms with Gasteiger partial charge in [0.05, 0.1) is 35.8 Å². The Kier molecular flexibility index (Phi) is 6.33. The Labute approximate surface area is 175 Å². The summed E-state index contributed by atoms with van der Waals surface area (Å²) in [4.78, 5) is 25.7. The molecule has 2 aromatic carbocycles. The molecule has 30 heavy (non-hydrogen) atoms. The standard InChI is InChI=1S/C24H22N2O4/c1-15-20(23(27)29-3)22(19-11-7-10-18(12-19)13-25)21(16(2)26-15)24(28)30-14-17-8-5-4-6-9-17/h4-12,22,26H,14H2,1-3H3. The molecule has 0 aliphatic carbocycles. The normalized spacial score (nSPS) is 15.9. The number of nitrogens with one attached hydrogen (secondary N) is 1. The van der Waals surface area contributed by atoms with E-state index in [-0.39, 0.29) is 6.61 Å². The van der Waals surface area contributed by atoms with Crippen LogP contribution in [0.2, 0.25) is 0 Å².